The lowest BCUT2D eigenvalue weighted by molar-refractivity contribution is 0.411. The average molecular weight is 295 g/mol. The van der Waals surface area contributed by atoms with Gasteiger partial charge in [-0.2, -0.15) is 0 Å². The smallest absolute Gasteiger partial charge is 0.122 e. The molecule has 0 radical (unpaired) electrons. The molecule has 0 aromatic heterocycles. The maximum absolute atomic E-state index is 5.13. The molecule has 0 spiro atoms. The predicted molar refractivity (Wildman–Crippen MR) is 97.4 cm³/mol. The van der Waals surface area contributed by atoms with Gasteiger partial charge in [-0.15, -0.1) is 0 Å². The molecule has 1 aromatic carbocycles. The largest absolute Gasteiger partial charge is 0.496 e. The summed E-state index contributed by atoms with van der Waals surface area (Å²) in [6.45, 7) is 15.2. The highest BCUT2D eigenvalue weighted by molar-refractivity contribution is 5.35. The summed E-state index contributed by atoms with van der Waals surface area (Å²) < 4.78 is 5.13. The fraction of sp³-hybridized carbons (Fsp3) is 0.700. The normalized spacial score (nSPS) is 9.38. The van der Waals surface area contributed by atoms with Crippen LogP contribution in [0.2, 0.25) is 0 Å². The molecule has 0 aliphatic heterocycles. The third-order valence-electron chi connectivity index (χ3n) is 3.13. The second kappa shape index (κ2) is 15.4. The summed E-state index contributed by atoms with van der Waals surface area (Å²) in [5.41, 5.74) is 2.43. The van der Waals surface area contributed by atoms with Crippen LogP contribution in [-0.4, -0.2) is 7.11 Å². The lowest BCUT2D eigenvalue weighted by Gasteiger charge is -2.05. The Kier molecular flexibility index (Phi) is 16.4. The van der Waals surface area contributed by atoms with Crippen molar-refractivity contribution in [3.8, 4) is 5.75 Å². The van der Waals surface area contributed by atoms with Crippen molar-refractivity contribution in [3.63, 3.8) is 0 Å². The maximum Gasteiger partial charge on any atom is 0.122 e. The molecule has 1 aromatic rings. The molecule has 21 heavy (non-hydrogen) atoms. The minimum Gasteiger partial charge on any atom is -0.496 e. The highest BCUT2D eigenvalue weighted by Gasteiger charge is 1.96. The Balaban J connectivity index is 0. The van der Waals surface area contributed by atoms with E-state index in [1.807, 2.05) is 13.0 Å². The first kappa shape index (κ1) is 22.3. The molecule has 0 unspecified atom stereocenters. The van der Waals surface area contributed by atoms with Crippen LogP contribution >= 0.6 is 0 Å². The molecule has 124 valence electrons. The van der Waals surface area contributed by atoms with E-state index in [0.717, 1.165) is 11.7 Å². The van der Waals surface area contributed by atoms with Crippen LogP contribution in [0.25, 0.3) is 0 Å². The van der Waals surface area contributed by atoms with E-state index in [9.17, 15) is 0 Å². The lowest BCUT2D eigenvalue weighted by Crippen LogP contribution is -1.91. The first-order valence-electron chi connectivity index (χ1n) is 8.57. The summed E-state index contributed by atoms with van der Waals surface area (Å²) in [6, 6.07) is 6.18. The van der Waals surface area contributed by atoms with Crippen LogP contribution in [0, 0.1) is 19.8 Å². The fourth-order valence-corrected chi connectivity index (χ4v) is 2.06. The van der Waals surface area contributed by atoms with Crippen molar-refractivity contribution >= 4 is 0 Å². The van der Waals surface area contributed by atoms with Crippen LogP contribution in [0.3, 0.4) is 0 Å². The third kappa shape index (κ3) is 13.7. The number of ether oxygens (including phenoxy) is 1. The van der Waals surface area contributed by atoms with Crippen molar-refractivity contribution in [2.75, 3.05) is 7.11 Å². The predicted octanol–water partition coefficient (Wildman–Crippen LogP) is 6.95. The van der Waals surface area contributed by atoms with Crippen LogP contribution < -0.4 is 4.74 Å². The zero-order valence-electron chi connectivity index (χ0n) is 15.8. The molecule has 0 aliphatic rings. The quantitative estimate of drug-likeness (QED) is 0.571. The summed E-state index contributed by atoms with van der Waals surface area (Å²) in [6.07, 6.45) is 6.77. The molecule has 1 heteroatoms. The van der Waals surface area contributed by atoms with E-state index >= 15 is 0 Å². The van der Waals surface area contributed by atoms with Gasteiger partial charge in [0.15, 0.2) is 0 Å². The van der Waals surface area contributed by atoms with Gasteiger partial charge < -0.3 is 4.74 Å². The molecular formula is C20H38O. The topological polar surface area (TPSA) is 9.23 Å². The van der Waals surface area contributed by atoms with E-state index in [1.165, 1.54) is 43.2 Å². The van der Waals surface area contributed by atoms with Gasteiger partial charge in [0.2, 0.25) is 0 Å². The van der Waals surface area contributed by atoms with Crippen molar-refractivity contribution in [2.24, 2.45) is 5.92 Å². The van der Waals surface area contributed by atoms with Crippen LogP contribution in [0.5, 0.6) is 5.75 Å². The van der Waals surface area contributed by atoms with Gasteiger partial charge in [0, 0.05) is 0 Å². The Hall–Kier alpha value is -0.980. The number of hydrogen-bond acceptors (Lipinski definition) is 1. The Morgan fingerprint density at radius 1 is 0.952 bits per heavy atom. The molecule has 0 N–H and O–H groups in total. The zero-order valence-corrected chi connectivity index (χ0v) is 15.8. The number of rotatable bonds is 5. The molecule has 0 aliphatic carbocycles. The van der Waals surface area contributed by atoms with Crippen LogP contribution in [0.1, 0.15) is 77.8 Å². The van der Waals surface area contributed by atoms with Crippen LogP contribution in [0.4, 0.5) is 0 Å². The number of benzene rings is 1. The third-order valence-corrected chi connectivity index (χ3v) is 3.13. The van der Waals surface area contributed by atoms with Crippen molar-refractivity contribution in [1.82, 2.24) is 0 Å². The molecule has 0 saturated carbocycles. The van der Waals surface area contributed by atoms with E-state index in [2.05, 4.69) is 53.7 Å². The van der Waals surface area contributed by atoms with E-state index in [0.29, 0.717) is 0 Å². The molecule has 1 rings (SSSR count). The van der Waals surface area contributed by atoms with Gasteiger partial charge in [0.1, 0.15) is 5.75 Å². The SMILES string of the molecule is CCC.CCCC(C)CCC.COc1cc(C)ccc1C. The fourth-order valence-electron chi connectivity index (χ4n) is 2.06. The van der Waals surface area contributed by atoms with Gasteiger partial charge in [-0.05, 0) is 37.0 Å². The zero-order chi connectivity index (χ0) is 16.7. The van der Waals surface area contributed by atoms with E-state index in [1.54, 1.807) is 7.11 Å². The molecule has 1 nitrogen and oxygen atoms in total. The van der Waals surface area contributed by atoms with E-state index in [4.69, 9.17) is 4.74 Å². The minimum atomic E-state index is 0.963. The summed E-state index contributed by atoms with van der Waals surface area (Å²) >= 11 is 0. The van der Waals surface area contributed by atoms with Crippen molar-refractivity contribution in [1.29, 1.82) is 0 Å². The van der Waals surface area contributed by atoms with Gasteiger partial charge in [0.05, 0.1) is 7.11 Å². The van der Waals surface area contributed by atoms with Gasteiger partial charge in [-0.1, -0.05) is 78.9 Å². The minimum absolute atomic E-state index is 0.963. The van der Waals surface area contributed by atoms with Gasteiger partial charge >= 0.3 is 0 Å². The molecule has 0 bridgehead atoms. The highest BCUT2D eigenvalue weighted by atomic mass is 16.5. The van der Waals surface area contributed by atoms with E-state index < -0.39 is 0 Å². The van der Waals surface area contributed by atoms with Crippen LogP contribution in [0.15, 0.2) is 18.2 Å². The van der Waals surface area contributed by atoms with Crippen molar-refractivity contribution in [2.45, 2.75) is 80.6 Å². The summed E-state index contributed by atoms with van der Waals surface area (Å²) in [5.74, 6) is 1.94. The van der Waals surface area contributed by atoms with Crippen LogP contribution in [-0.2, 0) is 0 Å². The van der Waals surface area contributed by atoms with Gasteiger partial charge in [-0.25, -0.2) is 0 Å². The Morgan fingerprint density at radius 3 is 1.76 bits per heavy atom. The average Bonchev–Trinajstić information content (AvgIpc) is 2.44. The summed E-state index contributed by atoms with van der Waals surface area (Å²) in [5, 5.41) is 0. The second-order valence-corrected chi connectivity index (χ2v) is 5.86. The van der Waals surface area contributed by atoms with Crippen molar-refractivity contribution < 1.29 is 4.74 Å². The van der Waals surface area contributed by atoms with Crippen molar-refractivity contribution in [3.05, 3.63) is 29.3 Å². The summed E-state index contributed by atoms with van der Waals surface area (Å²) in [7, 11) is 1.70. The first-order valence-corrected chi connectivity index (χ1v) is 8.57. The summed E-state index contributed by atoms with van der Waals surface area (Å²) in [4.78, 5) is 0. The van der Waals surface area contributed by atoms with E-state index in [-0.39, 0.29) is 0 Å². The standard InChI is InChI=1S/C9H12O.C8H18.C3H8/c1-7-4-5-8(2)9(6-7)10-3;1-4-6-8(3)7-5-2;1-3-2/h4-6H,1-3H3;8H,4-7H2,1-3H3;3H2,1-2H3. The molecule has 0 saturated heterocycles. The van der Waals surface area contributed by atoms with Gasteiger partial charge in [-0.3, -0.25) is 0 Å². The highest BCUT2D eigenvalue weighted by Crippen LogP contribution is 2.17. The molecule has 0 fully saturated rings. The number of methoxy groups -OCH3 is 1. The van der Waals surface area contributed by atoms with Gasteiger partial charge in [0.25, 0.3) is 0 Å². The lowest BCUT2D eigenvalue weighted by atomic mass is 10.0. The molecular weight excluding hydrogens is 256 g/mol. The molecule has 0 atom stereocenters. The Morgan fingerprint density at radius 2 is 1.43 bits per heavy atom. The Labute approximate surface area is 134 Å². The number of hydrogen-bond donors (Lipinski definition) is 0. The first-order chi connectivity index (χ1) is 9.96. The monoisotopic (exact) mass is 294 g/mol. The molecule has 0 heterocycles. The molecule has 0 amide bonds. The second-order valence-electron chi connectivity index (χ2n) is 5.86. The maximum atomic E-state index is 5.13. The number of aryl methyl sites for hydroxylation is 2. The Bertz CT molecular complexity index is 325.